The van der Waals surface area contributed by atoms with Crippen LogP contribution in [0.1, 0.15) is 16.8 Å². The molecule has 3 aromatic rings. The summed E-state index contributed by atoms with van der Waals surface area (Å²) in [5.74, 6) is -0.798. The number of aromatic nitrogens is 1. The molecular formula is C21H18FN3O2S. The van der Waals surface area contributed by atoms with Gasteiger partial charge in [0.05, 0.1) is 12.1 Å². The van der Waals surface area contributed by atoms with Crippen LogP contribution in [0, 0.1) is 5.82 Å². The van der Waals surface area contributed by atoms with Crippen LogP contribution in [0.15, 0.2) is 66.1 Å². The van der Waals surface area contributed by atoms with Gasteiger partial charge in [-0.2, -0.15) is 0 Å². The number of halogens is 1. The summed E-state index contributed by atoms with van der Waals surface area (Å²) in [5, 5.41) is 7.61. The Labute approximate surface area is 165 Å². The molecule has 1 heterocycles. The molecule has 5 nitrogen and oxygen atoms in total. The zero-order chi connectivity index (χ0) is 19.8. The fourth-order valence-electron chi connectivity index (χ4n) is 2.36. The first-order valence-corrected chi connectivity index (χ1v) is 9.46. The number of hydrogen-bond acceptors (Lipinski definition) is 4. The zero-order valence-electron chi connectivity index (χ0n) is 14.9. The quantitative estimate of drug-likeness (QED) is 0.598. The number of nitrogens with one attached hydrogen (secondary N) is 2. The maximum Gasteiger partial charge on any atom is 0.250 e. The van der Waals surface area contributed by atoms with E-state index in [1.54, 1.807) is 23.6 Å². The van der Waals surface area contributed by atoms with E-state index in [1.807, 2.05) is 30.3 Å². The third-order valence-electron chi connectivity index (χ3n) is 3.75. The normalized spacial score (nSPS) is 10.8. The fraction of sp³-hybridized carbons (Fsp3) is 0.0952. The van der Waals surface area contributed by atoms with Gasteiger partial charge in [-0.3, -0.25) is 14.9 Å². The van der Waals surface area contributed by atoms with Crippen molar-refractivity contribution < 1.29 is 14.0 Å². The van der Waals surface area contributed by atoms with Crippen LogP contribution in [-0.4, -0.2) is 16.8 Å². The maximum absolute atomic E-state index is 12.9. The Hall–Kier alpha value is -3.32. The summed E-state index contributed by atoms with van der Waals surface area (Å²) in [5.41, 5.74) is 2.31. The minimum atomic E-state index is -0.314. The highest BCUT2D eigenvalue weighted by Gasteiger charge is 2.09. The molecule has 7 heteroatoms. The highest BCUT2D eigenvalue weighted by molar-refractivity contribution is 7.14. The van der Waals surface area contributed by atoms with E-state index in [4.69, 9.17) is 0 Å². The lowest BCUT2D eigenvalue weighted by molar-refractivity contribution is -0.120. The molecule has 0 radical (unpaired) electrons. The van der Waals surface area contributed by atoms with E-state index < -0.39 is 0 Å². The van der Waals surface area contributed by atoms with Crippen LogP contribution in [-0.2, 0) is 22.6 Å². The fourth-order valence-corrected chi connectivity index (χ4v) is 3.07. The van der Waals surface area contributed by atoms with Crippen molar-refractivity contribution in [3.05, 3.63) is 88.7 Å². The van der Waals surface area contributed by atoms with E-state index in [0.29, 0.717) is 17.4 Å². The molecule has 0 atom stereocenters. The summed E-state index contributed by atoms with van der Waals surface area (Å²) >= 11 is 1.26. The number of hydrogen-bond donors (Lipinski definition) is 2. The van der Waals surface area contributed by atoms with Gasteiger partial charge in [0.1, 0.15) is 5.82 Å². The molecule has 3 rings (SSSR count). The molecule has 0 saturated heterocycles. The Morgan fingerprint density at radius 2 is 1.82 bits per heavy atom. The SMILES string of the molecule is O=C(C=Cc1ccccc1)Nc1nc(CC(=O)NCc2ccc(F)cc2)cs1. The van der Waals surface area contributed by atoms with Crippen LogP contribution in [0.2, 0.25) is 0 Å². The van der Waals surface area contributed by atoms with E-state index in [9.17, 15) is 14.0 Å². The van der Waals surface area contributed by atoms with Crippen LogP contribution >= 0.6 is 11.3 Å². The van der Waals surface area contributed by atoms with Gasteiger partial charge in [-0.15, -0.1) is 11.3 Å². The second-order valence-electron chi connectivity index (χ2n) is 5.96. The van der Waals surface area contributed by atoms with Gasteiger partial charge in [-0.1, -0.05) is 42.5 Å². The van der Waals surface area contributed by atoms with Gasteiger partial charge in [0.15, 0.2) is 5.13 Å². The van der Waals surface area contributed by atoms with Gasteiger partial charge in [0.2, 0.25) is 11.8 Å². The number of carbonyl (C=O) groups is 2. The lowest BCUT2D eigenvalue weighted by atomic mass is 10.2. The standard InChI is InChI=1S/C21H18FN3O2S/c22-17-9-6-16(7-10-17)13-23-20(27)12-18-14-28-21(24-18)25-19(26)11-8-15-4-2-1-3-5-15/h1-11,14H,12-13H2,(H,23,27)(H,24,25,26). The molecule has 2 N–H and O–H groups in total. The lowest BCUT2D eigenvalue weighted by Crippen LogP contribution is -2.24. The topological polar surface area (TPSA) is 71.1 Å². The molecule has 2 aromatic carbocycles. The molecule has 0 saturated carbocycles. The van der Waals surface area contributed by atoms with Crippen molar-refractivity contribution in [1.82, 2.24) is 10.3 Å². The van der Waals surface area contributed by atoms with E-state index in [-0.39, 0.29) is 24.1 Å². The Morgan fingerprint density at radius 3 is 2.57 bits per heavy atom. The monoisotopic (exact) mass is 395 g/mol. The molecule has 1 aromatic heterocycles. The summed E-state index contributed by atoms with van der Waals surface area (Å²) < 4.78 is 12.9. The highest BCUT2D eigenvalue weighted by Crippen LogP contribution is 2.16. The second kappa shape index (κ2) is 9.57. The molecule has 0 aliphatic rings. The van der Waals surface area contributed by atoms with Crippen LogP contribution in [0.3, 0.4) is 0 Å². The number of anilines is 1. The van der Waals surface area contributed by atoms with E-state index in [1.165, 1.54) is 29.5 Å². The van der Waals surface area contributed by atoms with Gasteiger partial charge in [-0.05, 0) is 29.3 Å². The second-order valence-corrected chi connectivity index (χ2v) is 6.82. The number of nitrogens with zero attached hydrogens (tertiary/aromatic N) is 1. The first-order chi connectivity index (χ1) is 13.6. The van der Waals surface area contributed by atoms with Crippen molar-refractivity contribution >= 4 is 34.4 Å². The minimum absolute atomic E-state index is 0.105. The van der Waals surface area contributed by atoms with Gasteiger partial charge >= 0.3 is 0 Å². The molecule has 0 aliphatic carbocycles. The molecule has 0 unspecified atom stereocenters. The van der Waals surface area contributed by atoms with Gasteiger partial charge < -0.3 is 5.32 Å². The molecule has 28 heavy (non-hydrogen) atoms. The average molecular weight is 395 g/mol. The molecule has 0 bridgehead atoms. The summed E-state index contributed by atoms with van der Waals surface area (Å²) in [4.78, 5) is 28.2. The molecule has 2 amide bonds. The highest BCUT2D eigenvalue weighted by atomic mass is 32.1. The third kappa shape index (κ3) is 6.14. The van der Waals surface area contributed by atoms with Crippen molar-refractivity contribution in [3.8, 4) is 0 Å². The maximum atomic E-state index is 12.9. The van der Waals surface area contributed by atoms with Crippen molar-refractivity contribution in [1.29, 1.82) is 0 Å². The Balaban J connectivity index is 1.46. The number of carbonyl (C=O) groups excluding carboxylic acids is 2. The predicted octanol–water partition coefficient (Wildman–Crippen LogP) is 3.79. The molecule has 0 fully saturated rings. The van der Waals surface area contributed by atoms with Gasteiger partial charge in [0, 0.05) is 18.0 Å². The summed E-state index contributed by atoms with van der Waals surface area (Å²) in [7, 11) is 0. The summed E-state index contributed by atoms with van der Waals surface area (Å²) in [6, 6.07) is 15.4. The Kier molecular flexibility index (Phi) is 6.64. The van der Waals surface area contributed by atoms with E-state index in [2.05, 4.69) is 15.6 Å². The number of benzene rings is 2. The van der Waals surface area contributed by atoms with Gasteiger partial charge in [-0.25, -0.2) is 9.37 Å². The van der Waals surface area contributed by atoms with Crippen LogP contribution in [0.5, 0.6) is 0 Å². The van der Waals surface area contributed by atoms with Crippen LogP contribution < -0.4 is 10.6 Å². The minimum Gasteiger partial charge on any atom is -0.352 e. The zero-order valence-corrected chi connectivity index (χ0v) is 15.7. The van der Waals surface area contributed by atoms with Crippen molar-refractivity contribution in [3.63, 3.8) is 0 Å². The van der Waals surface area contributed by atoms with Crippen molar-refractivity contribution in [2.45, 2.75) is 13.0 Å². The number of rotatable bonds is 7. The molecule has 142 valence electrons. The first-order valence-electron chi connectivity index (χ1n) is 8.58. The number of thiazole rings is 1. The Morgan fingerprint density at radius 1 is 1.07 bits per heavy atom. The third-order valence-corrected chi connectivity index (χ3v) is 4.56. The van der Waals surface area contributed by atoms with E-state index in [0.717, 1.165) is 11.1 Å². The van der Waals surface area contributed by atoms with Crippen LogP contribution in [0.25, 0.3) is 6.08 Å². The summed E-state index contributed by atoms with van der Waals surface area (Å²) in [6.45, 7) is 0.317. The molecule has 0 spiro atoms. The lowest BCUT2D eigenvalue weighted by Gasteiger charge is -2.04. The summed E-state index contributed by atoms with van der Waals surface area (Å²) in [6.07, 6.45) is 3.26. The molecular weight excluding hydrogens is 377 g/mol. The van der Waals surface area contributed by atoms with Crippen molar-refractivity contribution in [2.24, 2.45) is 0 Å². The Bertz CT molecular complexity index is 969. The number of amides is 2. The van der Waals surface area contributed by atoms with Crippen molar-refractivity contribution in [2.75, 3.05) is 5.32 Å². The first kappa shape index (κ1) is 19.4. The van der Waals surface area contributed by atoms with Gasteiger partial charge in [0.25, 0.3) is 0 Å². The predicted molar refractivity (Wildman–Crippen MR) is 108 cm³/mol. The van der Waals surface area contributed by atoms with E-state index >= 15 is 0 Å². The smallest absolute Gasteiger partial charge is 0.250 e. The molecule has 0 aliphatic heterocycles. The largest absolute Gasteiger partial charge is 0.352 e. The van der Waals surface area contributed by atoms with Crippen LogP contribution in [0.4, 0.5) is 9.52 Å². The average Bonchev–Trinajstić information content (AvgIpc) is 3.13.